The molecule has 0 aliphatic rings. The molecule has 1 unspecified atom stereocenters. The number of esters is 1. The molecular weight excluding hydrogens is 401 g/mol. The van der Waals surface area contributed by atoms with Crippen LogP contribution in [0.1, 0.15) is 41.0 Å². The van der Waals surface area contributed by atoms with Gasteiger partial charge in [0.2, 0.25) is 5.88 Å². The molecule has 0 fully saturated rings. The van der Waals surface area contributed by atoms with Crippen LogP contribution >= 0.6 is 0 Å². The van der Waals surface area contributed by atoms with Gasteiger partial charge in [0.05, 0.1) is 26.2 Å². The second-order valence-corrected chi connectivity index (χ2v) is 6.83. The summed E-state index contributed by atoms with van der Waals surface area (Å²) in [5, 5.41) is 7.07. The molecule has 1 atom stereocenters. The summed E-state index contributed by atoms with van der Waals surface area (Å²) in [6.45, 7) is 3.87. The summed E-state index contributed by atoms with van der Waals surface area (Å²) < 4.78 is 25.8. The zero-order valence-corrected chi connectivity index (χ0v) is 17.6. The van der Waals surface area contributed by atoms with E-state index in [4.69, 9.17) is 9.47 Å². The Kier molecular flexibility index (Phi) is 7.02. The number of nitrogens with zero attached hydrogens (tertiary/aromatic N) is 2. The number of hydrogen-bond donors (Lipinski definition) is 1. The van der Waals surface area contributed by atoms with Crippen molar-refractivity contribution >= 4 is 11.9 Å². The topological polar surface area (TPSA) is 82.5 Å². The maximum Gasteiger partial charge on any atom is 0.308 e. The van der Waals surface area contributed by atoms with Crippen LogP contribution in [0.25, 0.3) is 5.69 Å². The van der Waals surface area contributed by atoms with Crippen molar-refractivity contribution in [2.24, 2.45) is 0 Å². The summed E-state index contributed by atoms with van der Waals surface area (Å²) in [5.41, 5.74) is 1.90. The monoisotopic (exact) mass is 425 g/mol. The Morgan fingerprint density at radius 1 is 1.16 bits per heavy atom. The van der Waals surface area contributed by atoms with E-state index < -0.39 is 23.7 Å². The van der Waals surface area contributed by atoms with E-state index in [1.165, 1.54) is 30.0 Å². The first-order valence-corrected chi connectivity index (χ1v) is 9.85. The molecule has 1 N–H and O–H groups in total. The predicted octanol–water partition coefficient (Wildman–Crippen LogP) is 3.75. The molecular formula is C23H24FN3O4. The second-order valence-electron chi connectivity index (χ2n) is 6.83. The van der Waals surface area contributed by atoms with Gasteiger partial charge in [0.15, 0.2) is 5.69 Å². The number of carbonyl (C=O) groups excluding carboxylic acids is 2. The van der Waals surface area contributed by atoms with Crippen molar-refractivity contribution in [3.63, 3.8) is 0 Å². The molecule has 162 valence electrons. The van der Waals surface area contributed by atoms with Crippen molar-refractivity contribution in [1.82, 2.24) is 15.1 Å². The molecule has 1 aromatic heterocycles. The zero-order chi connectivity index (χ0) is 22.4. The van der Waals surface area contributed by atoms with Gasteiger partial charge in [-0.25, -0.2) is 4.39 Å². The van der Waals surface area contributed by atoms with Gasteiger partial charge in [-0.05, 0) is 37.1 Å². The van der Waals surface area contributed by atoms with Gasteiger partial charge in [0.25, 0.3) is 5.91 Å². The lowest BCUT2D eigenvalue weighted by Gasteiger charge is -2.20. The number of halogens is 1. The molecule has 0 bridgehead atoms. The molecule has 0 aliphatic heterocycles. The third-order valence-electron chi connectivity index (χ3n) is 4.74. The highest BCUT2D eigenvalue weighted by molar-refractivity contribution is 5.93. The second kappa shape index (κ2) is 9.88. The number of methoxy groups -OCH3 is 1. The van der Waals surface area contributed by atoms with Gasteiger partial charge in [-0.2, -0.15) is 9.78 Å². The Morgan fingerprint density at radius 3 is 2.55 bits per heavy atom. The molecule has 0 aliphatic carbocycles. The molecule has 1 amide bonds. The lowest BCUT2D eigenvalue weighted by atomic mass is 9.98. The Balaban J connectivity index is 1.90. The van der Waals surface area contributed by atoms with E-state index in [-0.39, 0.29) is 30.3 Å². The Morgan fingerprint density at radius 2 is 1.87 bits per heavy atom. The molecule has 0 saturated carbocycles. The van der Waals surface area contributed by atoms with Crippen molar-refractivity contribution in [1.29, 1.82) is 0 Å². The third-order valence-corrected chi connectivity index (χ3v) is 4.74. The van der Waals surface area contributed by atoms with Gasteiger partial charge >= 0.3 is 5.97 Å². The Hall–Kier alpha value is -3.68. The van der Waals surface area contributed by atoms with E-state index in [9.17, 15) is 14.0 Å². The van der Waals surface area contributed by atoms with Crippen LogP contribution in [0.5, 0.6) is 5.88 Å². The van der Waals surface area contributed by atoms with E-state index in [0.29, 0.717) is 0 Å². The van der Waals surface area contributed by atoms with Crippen LogP contribution < -0.4 is 10.1 Å². The van der Waals surface area contributed by atoms with Crippen LogP contribution in [0.15, 0.2) is 54.6 Å². The normalized spacial score (nSPS) is 11.6. The summed E-state index contributed by atoms with van der Waals surface area (Å²) in [5.74, 6) is -1.25. The first-order valence-electron chi connectivity index (χ1n) is 9.85. The predicted molar refractivity (Wildman–Crippen MR) is 113 cm³/mol. The molecule has 7 nitrogen and oxygen atoms in total. The van der Waals surface area contributed by atoms with E-state index in [1.807, 2.05) is 31.2 Å². The molecule has 2 aromatic carbocycles. The molecule has 31 heavy (non-hydrogen) atoms. The minimum atomic E-state index is -0.614. The number of nitrogens with one attached hydrogen (secondary N) is 1. The van der Waals surface area contributed by atoms with Crippen molar-refractivity contribution in [3.05, 3.63) is 77.2 Å². The highest BCUT2D eigenvalue weighted by atomic mass is 19.1. The van der Waals surface area contributed by atoms with Gasteiger partial charge in [-0.3, -0.25) is 9.59 Å². The molecule has 0 saturated heterocycles. The number of aryl methyl sites for hydroxylation is 1. The number of amides is 1. The molecule has 1 heterocycles. The average Bonchev–Trinajstić information content (AvgIpc) is 3.18. The number of ether oxygens (including phenoxy) is 2. The summed E-state index contributed by atoms with van der Waals surface area (Å²) in [6.07, 6.45) is -0.0322. The fourth-order valence-corrected chi connectivity index (χ4v) is 3.25. The third kappa shape index (κ3) is 5.09. The number of hydrogen-bond acceptors (Lipinski definition) is 5. The maximum absolute atomic E-state index is 14.2. The quantitative estimate of drug-likeness (QED) is 0.556. The molecule has 3 aromatic rings. The highest BCUT2D eigenvalue weighted by Crippen LogP contribution is 2.24. The molecule has 3 rings (SSSR count). The van der Waals surface area contributed by atoms with Gasteiger partial charge in [-0.15, -0.1) is 0 Å². The molecule has 8 heteroatoms. The maximum atomic E-state index is 14.2. The van der Waals surface area contributed by atoms with Crippen LogP contribution in [0.4, 0.5) is 4.39 Å². The lowest BCUT2D eigenvalue weighted by Crippen LogP contribution is -2.31. The van der Waals surface area contributed by atoms with Crippen molar-refractivity contribution < 1.29 is 23.5 Å². The summed E-state index contributed by atoms with van der Waals surface area (Å²) in [4.78, 5) is 25.1. The summed E-state index contributed by atoms with van der Waals surface area (Å²) in [7, 11) is 1.41. The Bertz CT molecular complexity index is 1080. The van der Waals surface area contributed by atoms with Gasteiger partial charge in [0, 0.05) is 6.07 Å². The van der Waals surface area contributed by atoms with Crippen molar-refractivity contribution in [2.75, 3.05) is 13.7 Å². The number of aromatic nitrogens is 2. The molecule has 0 radical (unpaired) electrons. The van der Waals surface area contributed by atoms with Gasteiger partial charge in [0.1, 0.15) is 11.5 Å². The van der Waals surface area contributed by atoms with Crippen LogP contribution in [-0.2, 0) is 9.53 Å². The zero-order valence-electron chi connectivity index (χ0n) is 17.6. The highest BCUT2D eigenvalue weighted by Gasteiger charge is 2.24. The minimum Gasteiger partial charge on any atom is -0.481 e. The van der Waals surface area contributed by atoms with Crippen LogP contribution in [0.3, 0.4) is 0 Å². The largest absolute Gasteiger partial charge is 0.481 e. The summed E-state index contributed by atoms with van der Waals surface area (Å²) >= 11 is 0. The number of para-hydroxylation sites is 1. The minimum absolute atomic E-state index is 0.0301. The average molecular weight is 425 g/mol. The number of carbonyl (C=O) groups is 2. The Labute approximate surface area is 179 Å². The first kappa shape index (κ1) is 22.0. The number of benzene rings is 2. The van der Waals surface area contributed by atoms with Crippen LogP contribution in [0, 0.1) is 12.7 Å². The van der Waals surface area contributed by atoms with Gasteiger partial charge < -0.3 is 14.8 Å². The van der Waals surface area contributed by atoms with E-state index in [0.717, 1.165) is 11.1 Å². The summed E-state index contributed by atoms with van der Waals surface area (Å²) in [6, 6.07) is 14.3. The van der Waals surface area contributed by atoms with E-state index in [1.54, 1.807) is 19.1 Å². The van der Waals surface area contributed by atoms with Crippen molar-refractivity contribution in [2.45, 2.75) is 26.3 Å². The fourth-order valence-electron chi connectivity index (χ4n) is 3.25. The molecule has 0 spiro atoms. The van der Waals surface area contributed by atoms with Crippen molar-refractivity contribution in [3.8, 4) is 11.6 Å². The van der Waals surface area contributed by atoms with E-state index in [2.05, 4.69) is 10.4 Å². The number of rotatable bonds is 8. The van der Waals surface area contributed by atoms with Crippen LogP contribution in [0.2, 0.25) is 0 Å². The lowest BCUT2D eigenvalue weighted by molar-refractivity contribution is -0.143. The smallest absolute Gasteiger partial charge is 0.308 e. The first-order chi connectivity index (χ1) is 14.9. The van der Waals surface area contributed by atoms with Crippen LogP contribution in [-0.4, -0.2) is 35.4 Å². The SMILES string of the molecule is CCOC(=O)CC(NC(=O)c1cc(OC)n(-c2ccccc2F)n1)c1ccccc1C. The standard InChI is InChI=1S/C23H24FN3O4/c1-4-31-22(28)14-18(16-10-6-5-9-15(16)2)25-23(29)19-13-21(30-3)27(26-19)20-12-8-7-11-17(20)24/h5-13,18H,4,14H2,1-3H3,(H,25,29). The fraction of sp³-hybridized carbons (Fsp3) is 0.261. The van der Waals surface area contributed by atoms with Gasteiger partial charge in [-0.1, -0.05) is 36.4 Å². The van der Waals surface area contributed by atoms with E-state index >= 15 is 0 Å².